The Balaban J connectivity index is 1.72. The van der Waals surface area contributed by atoms with Gasteiger partial charge in [-0.3, -0.25) is 9.63 Å². The van der Waals surface area contributed by atoms with Gasteiger partial charge in [0.05, 0.1) is 7.11 Å². The number of carbonyl (C=O) groups excluding carboxylic acids is 2. The molecule has 1 atom stereocenters. The molecule has 1 aliphatic heterocycles. The predicted octanol–water partition coefficient (Wildman–Crippen LogP) is 1.30. The molecule has 1 aromatic carbocycles. The SMILES string of the molecule is COC(=O)C1CCCN1OCC(=O)OCc1ccccc1. The molecule has 0 aliphatic carbocycles. The molecule has 0 N–H and O–H groups in total. The van der Waals surface area contributed by atoms with E-state index in [1.54, 1.807) is 0 Å². The molecule has 1 aliphatic rings. The van der Waals surface area contributed by atoms with Crippen LogP contribution >= 0.6 is 0 Å². The van der Waals surface area contributed by atoms with Crippen LogP contribution in [-0.2, 0) is 30.5 Å². The van der Waals surface area contributed by atoms with Crippen molar-refractivity contribution in [2.45, 2.75) is 25.5 Å². The van der Waals surface area contributed by atoms with Gasteiger partial charge < -0.3 is 9.47 Å². The first kappa shape index (κ1) is 15.5. The van der Waals surface area contributed by atoms with Crippen LogP contribution in [0.1, 0.15) is 18.4 Å². The highest BCUT2D eigenvalue weighted by atomic mass is 16.7. The van der Waals surface area contributed by atoms with Crippen LogP contribution in [-0.4, -0.2) is 43.3 Å². The highest BCUT2D eigenvalue weighted by molar-refractivity contribution is 5.75. The summed E-state index contributed by atoms with van der Waals surface area (Å²) in [5, 5.41) is 1.50. The summed E-state index contributed by atoms with van der Waals surface area (Å²) in [4.78, 5) is 28.5. The van der Waals surface area contributed by atoms with Crippen molar-refractivity contribution in [2.75, 3.05) is 20.3 Å². The molecule has 114 valence electrons. The zero-order valence-corrected chi connectivity index (χ0v) is 12.0. The molecule has 0 aromatic heterocycles. The molecule has 0 amide bonds. The maximum atomic E-state index is 11.6. The molecule has 1 unspecified atom stereocenters. The molecular formula is C15H19NO5. The number of methoxy groups -OCH3 is 1. The smallest absolute Gasteiger partial charge is 0.334 e. The van der Waals surface area contributed by atoms with Crippen molar-refractivity contribution in [1.82, 2.24) is 5.06 Å². The zero-order valence-electron chi connectivity index (χ0n) is 12.0. The standard InChI is InChI=1S/C15H19NO5/c1-19-15(18)13-8-5-9-16(13)21-11-14(17)20-10-12-6-3-2-4-7-12/h2-4,6-7,13H,5,8-11H2,1H3. The maximum Gasteiger partial charge on any atom is 0.334 e. The number of hydroxylamine groups is 2. The summed E-state index contributed by atoms with van der Waals surface area (Å²) in [6, 6.07) is 8.98. The molecule has 0 radical (unpaired) electrons. The van der Waals surface area contributed by atoms with Crippen LogP contribution in [0.3, 0.4) is 0 Å². The summed E-state index contributed by atoms with van der Waals surface area (Å²) >= 11 is 0. The van der Waals surface area contributed by atoms with Gasteiger partial charge in [0.25, 0.3) is 0 Å². The Labute approximate surface area is 123 Å². The molecule has 6 heteroatoms. The monoisotopic (exact) mass is 293 g/mol. The second-order valence-electron chi connectivity index (χ2n) is 4.74. The minimum Gasteiger partial charge on any atom is -0.468 e. The van der Waals surface area contributed by atoms with E-state index in [4.69, 9.17) is 14.3 Å². The molecule has 1 saturated heterocycles. The van der Waals surface area contributed by atoms with Gasteiger partial charge in [-0.25, -0.2) is 4.79 Å². The normalized spacial score (nSPS) is 18.4. The lowest BCUT2D eigenvalue weighted by atomic mass is 10.2. The van der Waals surface area contributed by atoms with Crippen LogP contribution < -0.4 is 0 Å². The molecule has 21 heavy (non-hydrogen) atoms. The van der Waals surface area contributed by atoms with Gasteiger partial charge in [0.1, 0.15) is 12.6 Å². The molecule has 0 spiro atoms. The minimum atomic E-state index is -0.464. The molecule has 1 heterocycles. The first-order valence-corrected chi connectivity index (χ1v) is 6.87. The van der Waals surface area contributed by atoms with E-state index in [-0.39, 0.29) is 19.2 Å². The zero-order chi connectivity index (χ0) is 15.1. The van der Waals surface area contributed by atoms with Gasteiger partial charge in [-0.1, -0.05) is 30.3 Å². The second-order valence-corrected chi connectivity index (χ2v) is 4.74. The topological polar surface area (TPSA) is 65.1 Å². The summed E-state index contributed by atoms with van der Waals surface area (Å²) < 4.78 is 9.80. The predicted molar refractivity (Wildman–Crippen MR) is 73.9 cm³/mol. The van der Waals surface area contributed by atoms with E-state index < -0.39 is 12.0 Å². The average Bonchev–Trinajstić information content (AvgIpc) is 2.99. The average molecular weight is 293 g/mol. The summed E-state index contributed by atoms with van der Waals surface area (Å²) in [6.07, 6.45) is 1.50. The first-order valence-electron chi connectivity index (χ1n) is 6.87. The number of esters is 2. The molecule has 0 bridgehead atoms. The van der Waals surface area contributed by atoms with Gasteiger partial charge in [0.2, 0.25) is 0 Å². The van der Waals surface area contributed by atoms with Gasteiger partial charge in [0.15, 0.2) is 6.61 Å². The van der Waals surface area contributed by atoms with Crippen molar-refractivity contribution < 1.29 is 23.9 Å². The fourth-order valence-corrected chi connectivity index (χ4v) is 2.18. The number of nitrogens with zero attached hydrogens (tertiary/aromatic N) is 1. The number of hydrogen-bond acceptors (Lipinski definition) is 6. The van der Waals surface area contributed by atoms with E-state index in [2.05, 4.69) is 0 Å². The van der Waals surface area contributed by atoms with Crippen LogP contribution in [0.5, 0.6) is 0 Å². The van der Waals surface area contributed by atoms with Crippen LogP contribution in [0.15, 0.2) is 30.3 Å². The third-order valence-electron chi connectivity index (χ3n) is 3.27. The van der Waals surface area contributed by atoms with Gasteiger partial charge in [0, 0.05) is 6.54 Å². The Kier molecular flexibility index (Phi) is 5.71. The van der Waals surface area contributed by atoms with Gasteiger partial charge in [-0.05, 0) is 18.4 Å². The van der Waals surface area contributed by atoms with Crippen LogP contribution in [0.25, 0.3) is 0 Å². The minimum absolute atomic E-state index is 0.208. The van der Waals surface area contributed by atoms with Crippen molar-refractivity contribution in [3.8, 4) is 0 Å². The number of hydrogen-bond donors (Lipinski definition) is 0. The van der Waals surface area contributed by atoms with Crippen molar-refractivity contribution in [3.63, 3.8) is 0 Å². The number of carbonyl (C=O) groups is 2. The van der Waals surface area contributed by atoms with Crippen molar-refractivity contribution in [1.29, 1.82) is 0 Å². The molecule has 1 aromatic rings. The summed E-state index contributed by atoms with van der Waals surface area (Å²) in [5.74, 6) is -0.806. The van der Waals surface area contributed by atoms with E-state index in [0.29, 0.717) is 13.0 Å². The molecular weight excluding hydrogens is 274 g/mol. The van der Waals surface area contributed by atoms with E-state index in [1.165, 1.54) is 12.2 Å². The highest BCUT2D eigenvalue weighted by Gasteiger charge is 2.32. The number of benzene rings is 1. The number of ether oxygens (including phenoxy) is 2. The number of rotatable bonds is 6. The van der Waals surface area contributed by atoms with E-state index in [1.807, 2.05) is 30.3 Å². The Morgan fingerprint density at radius 1 is 1.29 bits per heavy atom. The lowest BCUT2D eigenvalue weighted by molar-refractivity contribution is -0.199. The quantitative estimate of drug-likeness (QED) is 0.737. The van der Waals surface area contributed by atoms with E-state index >= 15 is 0 Å². The molecule has 2 rings (SSSR count). The fraction of sp³-hybridized carbons (Fsp3) is 0.467. The van der Waals surface area contributed by atoms with Crippen molar-refractivity contribution >= 4 is 11.9 Å². The Morgan fingerprint density at radius 3 is 2.76 bits per heavy atom. The fourth-order valence-electron chi connectivity index (χ4n) is 2.18. The van der Waals surface area contributed by atoms with Crippen molar-refractivity contribution in [3.05, 3.63) is 35.9 Å². The largest absolute Gasteiger partial charge is 0.468 e. The summed E-state index contributed by atoms with van der Waals surface area (Å²) in [7, 11) is 1.34. The lowest BCUT2D eigenvalue weighted by Crippen LogP contribution is -2.38. The second kappa shape index (κ2) is 7.75. The van der Waals surface area contributed by atoms with Crippen LogP contribution in [0.2, 0.25) is 0 Å². The molecule has 1 fully saturated rings. The Hall–Kier alpha value is -1.92. The lowest BCUT2D eigenvalue weighted by Gasteiger charge is -2.21. The third kappa shape index (κ3) is 4.54. The molecule has 0 saturated carbocycles. The Bertz CT molecular complexity index is 476. The van der Waals surface area contributed by atoms with Gasteiger partial charge in [-0.15, -0.1) is 0 Å². The van der Waals surface area contributed by atoms with Crippen molar-refractivity contribution in [2.24, 2.45) is 0 Å². The summed E-state index contributed by atoms with van der Waals surface area (Å²) in [6.45, 7) is 0.607. The van der Waals surface area contributed by atoms with E-state index in [0.717, 1.165) is 12.0 Å². The van der Waals surface area contributed by atoms with Crippen LogP contribution in [0.4, 0.5) is 0 Å². The van der Waals surface area contributed by atoms with Crippen LogP contribution in [0, 0.1) is 0 Å². The first-order chi connectivity index (χ1) is 10.2. The molecule has 6 nitrogen and oxygen atoms in total. The Morgan fingerprint density at radius 2 is 2.05 bits per heavy atom. The maximum absolute atomic E-state index is 11.6. The third-order valence-corrected chi connectivity index (χ3v) is 3.27. The van der Waals surface area contributed by atoms with Gasteiger partial charge >= 0.3 is 11.9 Å². The summed E-state index contributed by atoms with van der Waals surface area (Å²) in [5.41, 5.74) is 0.916. The van der Waals surface area contributed by atoms with E-state index in [9.17, 15) is 9.59 Å². The van der Waals surface area contributed by atoms with Gasteiger partial charge in [-0.2, -0.15) is 5.06 Å². The highest BCUT2D eigenvalue weighted by Crippen LogP contribution is 2.18.